The molecule has 1 fully saturated rings. The number of carbonyl (C=O) groups is 1. The Morgan fingerprint density at radius 2 is 2.00 bits per heavy atom. The summed E-state index contributed by atoms with van der Waals surface area (Å²) < 4.78 is 49.6. The molecule has 1 unspecified atom stereocenters. The number of pyridine rings is 2. The van der Waals surface area contributed by atoms with Crippen LogP contribution in [0.5, 0.6) is 11.6 Å². The molecule has 1 aliphatic heterocycles. The van der Waals surface area contributed by atoms with Crippen molar-refractivity contribution in [2.45, 2.75) is 32.1 Å². The molecule has 1 N–H and O–H groups in total. The second-order valence-corrected chi connectivity index (χ2v) is 10.2. The fourth-order valence-electron chi connectivity index (χ4n) is 4.96. The van der Waals surface area contributed by atoms with Crippen LogP contribution >= 0.6 is 0 Å². The topological polar surface area (TPSA) is 132 Å². The highest BCUT2D eigenvalue weighted by Gasteiger charge is 2.25. The molecule has 10 nitrogen and oxygen atoms in total. The van der Waals surface area contributed by atoms with Gasteiger partial charge in [0.2, 0.25) is 5.88 Å². The molecule has 0 bridgehead atoms. The highest BCUT2D eigenvalue weighted by molar-refractivity contribution is 5.95. The number of rotatable bonds is 10. The van der Waals surface area contributed by atoms with E-state index >= 15 is 8.78 Å². The molecule has 2 aromatic carbocycles. The molecule has 1 saturated heterocycles. The largest absolute Gasteiger partial charge is 0.494 e. The van der Waals surface area contributed by atoms with Crippen LogP contribution in [0.2, 0.25) is 0 Å². The van der Waals surface area contributed by atoms with Crippen LogP contribution in [-0.4, -0.2) is 50.4 Å². The van der Waals surface area contributed by atoms with Gasteiger partial charge in [-0.1, -0.05) is 12.1 Å². The molecule has 4 heterocycles. The van der Waals surface area contributed by atoms with E-state index < -0.39 is 17.6 Å². The number of imidazole rings is 1. The minimum Gasteiger partial charge on any atom is -0.494 e. The van der Waals surface area contributed by atoms with Crippen LogP contribution in [0.25, 0.3) is 22.3 Å². The molecule has 6 rings (SSSR count). The Balaban J connectivity index is 1.29. The summed E-state index contributed by atoms with van der Waals surface area (Å²) in [5.74, 6) is -1.59. The van der Waals surface area contributed by atoms with Crippen molar-refractivity contribution in [3.63, 3.8) is 0 Å². The standard InChI is InChI=1S/C32H25F2N5O5/c1-42-28-11-20(32(40)41)10-27-31(28)38-29(39(27)16-22-7-8-43-22)12-19-9-25(34)23(13-24(19)33)26-3-2-4-30(37-26)44-17-18-5-6-21(14-35)36-15-18/h2-6,9-11,13,15,22H,7-8,12,16-17H2,1H3,(H,40,41). The van der Waals surface area contributed by atoms with Gasteiger partial charge in [0.15, 0.2) is 0 Å². The first-order valence-corrected chi connectivity index (χ1v) is 13.7. The van der Waals surface area contributed by atoms with E-state index in [1.165, 1.54) is 25.4 Å². The van der Waals surface area contributed by atoms with Gasteiger partial charge in [-0.3, -0.25) is 0 Å². The van der Waals surface area contributed by atoms with Crippen LogP contribution in [0.4, 0.5) is 8.78 Å². The third-order valence-electron chi connectivity index (χ3n) is 7.35. The number of hydrogen-bond acceptors (Lipinski definition) is 8. The van der Waals surface area contributed by atoms with E-state index in [0.717, 1.165) is 18.6 Å². The van der Waals surface area contributed by atoms with E-state index in [9.17, 15) is 9.90 Å². The van der Waals surface area contributed by atoms with Gasteiger partial charge in [0, 0.05) is 36.4 Å². The van der Waals surface area contributed by atoms with Crippen LogP contribution in [-0.2, 0) is 24.3 Å². The highest BCUT2D eigenvalue weighted by atomic mass is 19.1. The lowest BCUT2D eigenvalue weighted by Crippen LogP contribution is -2.31. The lowest BCUT2D eigenvalue weighted by Gasteiger charge is -2.27. The van der Waals surface area contributed by atoms with Gasteiger partial charge < -0.3 is 23.9 Å². The minimum absolute atomic E-state index is 0.0189. The van der Waals surface area contributed by atoms with Gasteiger partial charge in [0.05, 0.1) is 36.5 Å². The van der Waals surface area contributed by atoms with Crippen LogP contribution in [0.3, 0.4) is 0 Å². The molecule has 3 aromatic heterocycles. The Morgan fingerprint density at radius 1 is 1.16 bits per heavy atom. The summed E-state index contributed by atoms with van der Waals surface area (Å²) in [6.07, 6.45) is 2.16. The number of ether oxygens (including phenoxy) is 3. The molecule has 222 valence electrons. The predicted octanol–water partition coefficient (Wildman–Crippen LogP) is 5.31. The maximum absolute atomic E-state index is 15.6. The van der Waals surface area contributed by atoms with Crippen molar-refractivity contribution in [3.8, 4) is 29.0 Å². The lowest BCUT2D eigenvalue weighted by molar-refractivity contribution is -0.0589. The van der Waals surface area contributed by atoms with Crippen LogP contribution in [0.1, 0.15) is 39.4 Å². The Morgan fingerprint density at radius 3 is 2.68 bits per heavy atom. The Labute approximate surface area is 250 Å². The van der Waals surface area contributed by atoms with Crippen molar-refractivity contribution in [3.05, 3.63) is 101 Å². The van der Waals surface area contributed by atoms with Crippen molar-refractivity contribution in [2.75, 3.05) is 13.7 Å². The number of aromatic nitrogens is 4. The van der Waals surface area contributed by atoms with E-state index in [0.29, 0.717) is 35.6 Å². The second kappa shape index (κ2) is 12.1. The van der Waals surface area contributed by atoms with Gasteiger partial charge >= 0.3 is 5.97 Å². The number of halogens is 2. The fourth-order valence-corrected chi connectivity index (χ4v) is 4.96. The average molecular weight is 598 g/mol. The molecule has 5 aromatic rings. The number of fused-ring (bicyclic) bond motifs is 1. The van der Waals surface area contributed by atoms with Crippen molar-refractivity contribution in [1.82, 2.24) is 19.5 Å². The van der Waals surface area contributed by atoms with Crippen molar-refractivity contribution < 1.29 is 32.9 Å². The number of methoxy groups -OCH3 is 1. The third kappa shape index (κ3) is 5.77. The van der Waals surface area contributed by atoms with Gasteiger partial charge in [-0.25, -0.2) is 28.5 Å². The second-order valence-electron chi connectivity index (χ2n) is 10.2. The zero-order valence-corrected chi connectivity index (χ0v) is 23.5. The van der Waals surface area contributed by atoms with Gasteiger partial charge in [-0.15, -0.1) is 0 Å². The number of carboxylic acids is 1. The monoisotopic (exact) mass is 597 g/mol. The van der Waals surface area contributed by atoms with Crippen molar-refractivity contribution in [1.29, 1.82) is 5.26 Å². The van der Waals surface area contributed by atoms with Gasteiger partial charge in [-0.05, 0) is 48.4 Å². The molecule has 0 saturated carbocycles. The van der Waals surface area contributed by atoms with E-state index in [1.54, 1.807) is 34.9 Å². The zero-order valence-electron chi connectivity index (χ0n) is 23.5. The van der Waals surface area contributed by atoms with Gasteiger partial charge in [0.1, 0.15) is 47.1 Å². The number of benzene rings is 2. The maximum Gasteiger partial charge on any atom is 0.335 e. The molecule has 1 aliphatic rings. The molecule has 0 radical (unpaired) electrons. The van der Waals surface area contributed by atoms with E-state index in [1.807, 2.05) is 6.07 Å². The number of carboxylic acid groups (broad SMARTS) is 1. The summed E-state index contributed by atoms with van der Waals surface area (Å²) in [4.78, 5) is 24.8. The predicted molar refractivity (Wildman–Crippen MR) is 153 cm³/mol. The van der Waals surface area contributed by atoms with Crippen LogP contribution < -0.4 is 9.47 Å². The Kier molecular flexibility index (Phi) is 7.87. The maximum atomic E-state index is 15.6. The molecule has 1 atom stereocenters. The van der Waals surface area contributed by atoms with E-state index in [4.69, 9.17) is 19.5 Å². The summed E-state index contributed by atoms with van der Waals surface area (Å²) >= 11 is 0. The number of aromatic carboxylic acids is 1. The summed E-state index contributed by atoms with van der Waals surface area (Å²) in [7, 11) is 1.42. The summed E-state index contributed by atoms with van der Waals surface area (Å²) in [5, 5.41) is 18.5. The Hall–Kier alpha value is -5.41. The fraction of sp³-hybridized carbons (Fsp3) is 0.219. The molecule has 0 amide bonds. The summed E-state index contributed by atoms with van der Waals surface area (Å²) in [6, 6.07) is 15.1. The van der Waals surface area contributed by atoms with Crippen LogP contribution in [0.15, 0.2) is 60.8 Å². The quantitative estimate of drug-likeness (QED) is 0.227. The van der Waals surface area contributed by atoms with Crippen molar-refractivity contribution in [2.24, 2.45) is 0 Å². The SMILES string of the molecule is COc1cc(C(=O)O)cc2c1nc(Cc1cc(F)c(-c3cccc(OCc4ccc(C#N)nc4)n3)cc1F)n2CC1CCO1. The van der Waals surface area contributed by atoms with E-state index in [-0.39, 0.29) is 58.8 Å². The first kappa shape index (κ1) is 28.7. The number of hydrogen-bond donors (Lipinski definition) is 1. The minimum atomic E-state index is -1.13. The first-order valence-electron chi connectivity index (χ1n) is 13.7. The molecular weight excluding hydrogens is 572 g/mol. The molecular formula is C32H25F2N5O5. The molecule has 12 heteroatoms. The molecule has 0 aliphatic carbocycles. The first-order chi connectivity index (χ1) is 21.3. The summed E-state index contributed by atoms with van der Waals surface area (Å²) in [5.41, 5.74) is 2.14. The Bertz CT molecular complexity index is 1920. The normalized spacial score (nSPS) is 14.2. The highest BCUT2D eigenvalue weighted by Crippen LogP contribution is 2.32. The summed E-state index contributed by atoms with van der Waals surface area (Å²) in [6.45, 7) is 1.11. The van der Waals surface area contributed by atoms with E-state index in [2.05, 4.69) is 15.0 Å². The average Bonchev–Trinajstić information content (AvgIpc) is 3.35. The zero-order chi connectivity index (χ0) is 30.8. The smallest absolute Gasteiger partial charge is 0.335 e. The van der Waals surface area contributed by atoms with Crippen molar-refractivity contribution >= 4 is 17.0 Å². The molecule has 0 spiro atoms. The third-order valence-corrected chi connectivity index (χ3v) is 7.35. The number of nitriles is 1. The van der Waals surface area contributed by atoms with Gasteiger partial charge in [0.25, 0.3) is 0 Å². The van der Waals surface area contributed by atoms with Gasteiger partial charge in [-0.2, -0.15) is 5.26 Å². The number of nitrogens with zero attached hydrogens (tertiary/aromatic N) is 5. The molecule has 44 heavy (non-hydrogen) atoms. The lowest BCUT2D eigenvalue weighted by atomic mass is 10.0. The van der Waals surface area contributed by atoms with Crippen LogP contribution in [0, 0.1) is 23.0 Å².